The number of aliphatic imine (C=N–C) groups is 2. The van der Waals surface area contributed by atoms with Crippen LogP contribution in [0, 0.1) is 0 Å². The van der Waals surface area contributed by atoms with Crippen molar-refractivity contribution >= 4 is 75.0 Å². The summed E-state index contributed by atoms with van der Waals surface area (Å²) >= 11 is -11.2. The first kappa shape index (κ1) is 50.1. The molecule has 1 saturated carbocycles. The van der Waals surface area contributed by atoms with Crippen molar-refractivity contribution in [3.05, 3.63) is 205 Å². The summed E-state index contributed by atoms with van der Waals surface area (Å²) < 4.78 is 59.6. The molecule has 72 heavy (non-hydrogen) atoms. The van der Waals surface area contributed by atoms with Crippen molar-refractivity contribution < 1.29 is 44.5 Å². The zero-order valence-electron chi connectivity index (χ0n) is 38.5. The van der Waals surface area contributed by atoms with Gasteiger partial charge in [0.25, 0.3) is 0 Å². The van der Waals surface area contributed by atoms with E-state index in [-0.39, 0.29) is 40.9 Å². The van der Waals surface area contributed by atoms with E-state index in [2.05, 4.69) is 158 Å². The van der Waals surface area contributed by atoms with Crippen LogP contribution in [0.4, 0.5) is 16.9 Å². The van der Waals surface area contributed by atoms with E-state index in [4.69, 9.17) is 9.98 Å². The van der Waals surface area contributed by atoms with Crippen molar-refractivity contribution in [3.8, 4) is 56.0 Å². The Balaban J connectivity index is 0.000000747. The number of hydrogen-bond acceptors (Lipinski definition) is 4. The molecule has 4 nitrogen and oxygen atoms in total. The van der Waals surface area contributed by atoms with Crippen molar-refractivity contribution in [2.45, 2.75) is 37.8 Å². The number of phenolic OH excluding ortho intramolecular Hbond substituents is 2. The van der Waals surface area contributed by atoms with E-state index in [1.165, 1.54) is 0 Å². The fraction of sp³-hybridized carbons (Fsp3) is 0.100. The molecule has 0 aromatic heterocycles. The predicted octanol–water partition coefficient (Wildman–Crippen LogP) is 17.4. The van der Waals surface area contributed by atoms with Crippen LogP contribution >= 0.6 is 0 Å². The number of rotatable bonds is 8. The van der Waals surface area contributed by atoms with Gasteiger partial charge in [0.1, 0.15) is 11.5 Å². The van der Waals surface area contributed by atoms with Gasteiger partial charge in [-0.15, -0.1) is 0 Å². The molecule has 1 aliphatic rings. The Hall–Kier alpha value is -6.89. The van der Waals surface area contributed by atoms with E-state index in [1.807, 2.05) is 48.8 Å². The molecule has 0 bridgehead atoms. The molecule has 10 aromatic carbocycles. The molecule has 2 N–H and O–H groups in total. The molecule has 0 heterocycles. The maximum atomic E-state index is 12.5. The Labute approximate surface area is 425 Å². The first-order chi connectivity index (χ1) is 34.1. The molecule has 10 aromatic rings. The van der Waals surface area contributed by atoms with Crippen LogP contribution in [-0.4, -0.2) is 54.2 Å². The number of fused-ring (bicyclic) bond motifs is 4. The summed E-state index contributed by atoms with van der Waals surface area (Å²) in [6.45, 7) is 0. The molecular formula is C60H46CrF6N2O2Sb-. The van der Waals surface area contributed by atoms with Crippen molar-refractivity contribution in [1.29, 1.82) is 0 Å². The third-order valence-corrected chi connectivity index (χ3v) is 13.1. The van der Waals surface area contributed by atoms with Crippen LogP contribution < -0.4 is 0 Å². The molecule has 2 atom stereocenters. The van der Waals surface area contributed by atoms with Gasteiger partial charge in [-0.05, 0) is 90.3 Å². The summed E-state index contributed by atoms with van der Waals surface area (Å²) in [5.41, 5.74) is 9.27. The fourth-order valence-electron chi connectivity index (χ4n) is 10.0. The summed E-state index contributed by atoms with van der Waals surface area (Å²) in [6.07, 6.45) is 7.60. The second-order valence-corrected chi connectivity index (χ2v) is 23.4. The van der Waals surface area contributed by atoms with E-state index in [0.717, 1.165) is 113 Å². The fourth-order valence-corrected chi connectivity index (χ4v) is 10.0. The van der Waals surface area contributed by atoms with Crippen LogP contribution in [0.25, 0.3) is 87.6 Å². The Morgan fingerprint density at radius 2 is 0.694 bits per heavy atom. The summed E-state index contributed by atoms with van der Waals surface area (Å²) in [7, 11) is 0. The predicted molar refractivity (Wildman–Crippen MR) is 282 cm³/mol. The average molecular weight is 1110 g/mol. The molecule has 1 aliphatic carbocycles. The van der Waals surface area contributed by atoms with E-state index in [0.29, 0.717) is 11.1 Å². The van der Waals surface area contributed by atoms with Crippen LogP contribution in [0.3, 0.4) is 0 Å². The molecule has 0 unspecified atom stereocenters. The number of benzene rings is 10. The second kappa shape index (κ2) is 19.6. The van der Waals surface area contributed by atoms with Gasteiger partial charge in [0.05, 0.1) is 12.1 Å². The Morgan fingerprint density at radius 1 is 0.389 bits per heavy atom. The molecule has 0 aliphatic heterocycles. The summed E-state index contributed by atoms with van der Waals surface area (Å²) in [5.74, 6) is 0.424. The molecule has 0 spiro atoms. The first-order valence-corrected chi connectivity index (χ1v) is 29.1. The van der Waals surface area contributed by atoms with Gasteiger partial charge in [-0.25, -0.2) is 0 Å². The average Bonchev–Trinajstić information content (AvgIpc) is 3.37. The number of nitrogens with zero attached hydrogens (tertiary/aromatic N) is 2. The third-order valence-electron chi connectivity index (χ3n) is 13.1. The standard InChI is InChI=1S/C60H46N2O2.Cr.6FH.Sb/c63-59-45(35-43-23-9-13-27-49(43)57(59)55-47-25-11-7-21-41(47)31-33-51(55)39-17-3-1-4-18-39)37-61-53-29-15-16-30-54(53)62-38-46-36-44-24-10-14-28-50(44)58(60(46)64)56-48-26-12-8-22-42(48)32-34-52(56)40-19-5-2-6-20-40;;;;;;;;/h1-14,17-28,31-38,53-54,63-64H,15-16,29-30H2;;6*1H;/q;;;;;;;;+5/p-6/t53-,54-;;;;;;;;/m1......../s1. The van der Waals surface area contributed by atoms with E-state index < -0.39 is 19.5 Å². The summed E-state index contributed by atoms with van der Waals surface area (Å²) in [5, 5.41) is 33.4. The topological polar surface area (TPSA) is 65.2 Å². The summed E-state index contributed by atoms with van der Waals surface area (Å²) in [6, 6.07) is 66.9. The number of phenols is 2. The van der Waals surface area contributed by atoms with Gasteiger partial charge in [0.2, 0.25) is 0 Å². The van der Waals surface area contributed by atoms with Crippen molar-refractivity contribution in [3.63, 3.8) is 0 Å². The minimum atomic E-state index is -11.2. The third kappa shape index (κ3) is 11.1. The molecule has 0 amide bonds. The zero-order valence-corrected chi connectivity index (χ0v) is 42.4. The number of aromatic hydroxyl groups is 2. The maximum absolute atomic E-state index is 12.5. The van der Waals surface area contributed by atoms with Crippen LogP contribution in [0.1, 0.15) is 36.8 Å². The second-order valence-electron chi connectivity index (χ2n) is 17.9. The molecular weight excluding hydrogens is 1070 g/mol. The molecule has 0 radical (unpaired) electrons. The molecule has 362 valence electrons. The van der Waals surface area contributed by atoms with E-state index in [1.54, 1.807) is 0 Å². The quantitative estimate of drug-likeness (QED) is 0.0905. The number of halogens is 6. The Bertz CT molecular complexity index is 3460. The van der Waals surface area contributed by atoms with E-state index >= 15 is 0 Å². The van der Waals surface area contributed by atoms with Gasteiger partial charge in [-0.1, -0.05) is 195 Å². The van der Waals surface area contributed by atoms with Gasteiger partial charge in [0, 0.05) is 63.2 Å². The van der Waals surface area contributed by atoms with Crippen molar-refractivity contribution in [1.82, 2.24) is 0 Å². The Morgan fingerprint density at radius 3 is 1.06 bits per heavy atom. The Kier molecular flexibility index (Phi) is 13.6. The van der Waals surface area contributed by atoms with Gasteiger partial charge in [-0.3, -0.25) is 9.98 Å². The van der Waals surface area contributed by atoms with Crippen LogP contribution in [0.5, 0.6) is 11.5 Å². The normalized spacial score (nSPS) is 16.1. The van der Waals surface area contributed by atoms with Gasteiger partial charge in [0.15, 0.2) is 0 Å². The van der Waals surface area contributed by atoms with E-state index in [9.17, 15) is 27.1 Å². The number of hydrogen-bond donors (Lipinski definition) is 2. The molecule has 12 heteroatoms. The van der Waals surface area contributed by atoms with Gasteiger partial charge < -0.3 is 10.2 Å². The van der Waals surface area contributed by atoms with Crippen LogP contribution in [-0.2, 0) is 17.4 Å². The SMILES string of the molecule is Oc1c(C=N[C@@H]2CCCC[C@H]2N=Cc2cc3ccccc3c(-c3c(-c4ccccc4)ccc4ccccc34)c2O)cc2ccccc2c1-c1c(-c2ccccc2)ccc2ccccc12.[Cr].[F][Sb-]([F])([F])([F])([F])[F]. The van der Waals surface area contributed by atoms with Crippen LogP contribution in [0.15, 0.2) is 204 Å². The summed E-state index contributed by atoms with van der Waals surface area (Å²) in [4.78, 5) is 10.5. The van der Waals surface area contributed by atoms with Crippen LogP contribution in [0.2, 0.25) is 0 Å². The molecule has 11 rings (SSSR count). The van der Waals surface area contributed by atoms with Gasteiger partial charge >= 0.3 is 36.4 Å². The van der Waals surface area contributed by atoms with Gasteiger partial charge in [-0.2, -0.15) is 0 Å². The first-order valence-electron chi connectivity index (χ1n) is 23.3. The minimum absolute atomic E-state index is 0. The molecule has 1 fully saturated rings. The van der Waals surface area contributed by atoms with Crippen molar-refractivity contribution in [2.75, 3.05) is 0 Å². The zero-order chi connectivity index (χ0) is 49.4. The molecule has 0 saturated heterocycles. The van der Waals surface area contributed by atoms with Crippen molar-refractivity contribution in [2.24, 2.45) is 9.98 Å². The monoisotopic (exact) mass is 1110 g/mol.